The highest BCUT2D eigenvalue weighted by Crippen LogP contribution is 1.94. The van der Waals surface area contributed by atoms with Gasteiger partial charge in [-0.05, 0) is 0 Å². The van der Waals surface area contributed by atoms with Crippen LogP contribution in [0.2, 0.25) is 0 Å². The molecule has 0 unspecified atom stereocenters. The van der Waals surface area contributed by atoms with E-state index in [0.717, 1.165) is 9.80 Å². The standard InChI is InChI=1S/C10H16N2O8.4C2H5NO2/c13-7(14)3-11(4-8(15)16)1-2-12(5-9(17)18)6-10(19)20;4*1-2(4)5-3/h1-6H2,(H,13,14)(H,15,16)(H,17,18)(H,19,20);4*3H2,1H3. The van der Waals surface area contributed by atoms with Gasteiger partial charge < -0.3 is 39.8 Å². The van der Waals surface area contributed by atoms with Crippen LogP contribution in [0.4, 0.5) is 0 Å². The van der Waals surface area contributed by atoms with Crippen LogP contribution in [0.3, 0.4) is 0 Å². The number of nitrogens with zero attached hydrogens (tertiary/aromatic N) is 2. The minimum absolute atomic E-state index is 0.0703. The van der Waals surface area contributed by atoms with Crippen LogP contribution in [0.1, 0.15) is 27.7 Å². The quantitative estimate of drug-likeness (QED) is 0.105. The number of hydrogen-bond donors (Lipinski definition) is 8. The van der Waals surface area contributed by atoms with Crippen molar-refractivity contribution in [2.24, 2.45) is 23.6 Å². The summed E-state index contributed by atoms with van der Waals surface area (Å²) in [7, 11) is 0. The fourth-order valence-electron chi connectivity index (χ4n) is 1.48. The van der Waals surface area contributed by atoms with E-state index in [9.17, 15) is 38.4 Å². The molecule has 0 saturated carbocycles. The van der Waals surface area contributed by atoms with Crippen LogP contribution in [0.15, 0.2) is 0 Å². The average molecular weight is 593 g/mol. The van der Waals surface area contributed by atoms with Crippen molar-refractivity contribution in [3.8, 4) is 0 Å². The molecule has 234 valence electrons. The molecule has 0 aliphatic heterocycles. The van der Waals surface area contributed by atoms with Gasteiger partial charge in [-0.25, -0.2) is 0 Å². The lowest BCUT2D eigenvalue weighted by atomic mass is 10.4. The van der Waals surface area contributed by atoms with Gasteiger partial charge in [-0.15, -0.1) is 0 Å². The third kappa shape index (κ3) is 59.0. The maximum atomic E-state index is 10.6. The zero-order valence-electron chi connectivity index (χ0n) is 22.1. The zero-order chi connectivity index (χ0) is 32.8. The van der Waals surface area contributed by atoms with Crippen molar-refractivity contribution >= 4 is 47.8 Å². The second-order valence-corrected chi connectivity index (χ2v) is 6.43. The van der Waals surface area contributed by atoms with Gasteiger partial charge in [-0.1, -0.05) is 0 Å². The topological polar surface area (TPSA) is 365 Å². The number of carboxylic acid groups (broad SMARTS) is 4. The fourth-order valence-corrected chi connectivity index (χ4v) is 1.48. The SMILES string of the molecule is CC(=O)ON.CC(=O)ON.CC(=O)ON.CC(=O)ON.O=C(O)CN(CCN(CC(=O)O)CC(=O)O)CC(=O)O. The Morgan fingerprint density at radius 2 is 0.575 bits per heavy atom. The highest BCUT2D eigenvalue weighted by molar-refractivity contribution is 5.73. The van der Waals surface area contributed by atoms with Gasteiger partial charge in [0, 0.05) is 40.8 Å². The monoisotopic (exact) mass is 592 g/mol. The molecule has 0 aromatic rings. The van der Waals surface area contributed by atoms with E-state index in [1.165, 1.54) is 27.7 Å². The summed E-state index contributed by atoms with van der Waals surface area (Å²) in [4.78, 5) is 96.7. The first kappa shape index (κ1) is 45.4. The van der Waals surface area contributed by atoms with Crippen molar-refractivity contribution in [2.75, 3.05) is 39.3 Å². The van der Waals surface area contributed by atoms with Gasteiger partial charge in [0.1, 0.15) is 0 Å². The predicted octanol–water partition coefficient (Wildman–Crippen LogP) is -4.38. The Balaban J connectivity index is -0.000000164. The lowest BCUT2D eigenvalue weighted by Crippen LogP contribution is -2.43. The molecule has 0 saturated heterocycles. The molecule has 0 aromatic carbocycles. The third-order valence-electron chi connectivity index (χ3n) is 2.83. The normalized spacial score (nSPS) is 8.75. The Labute approximate surface area is 227 Å². The zero-order valence-corrected chi connectivity index (χ0v) is 22.1. The third-order valence-corrected chi connectivity index (χ3v) is 2.83. The number of aliphatic carboxylic acids is 4. The molecule has 0 radical (unpaired) electrons. The fraction of sp³-hybridized carbons (Fsp3) is 0.556. The first-order valence-electron chi connectivity index (χ1n) is 10.1. The van der Waals surface area contributed by atoms with Crippen LogP contribution in [-0.2, 0) is 57.7 Å². The van der Waals surface area contributed by atoms with E-state index in [1.54, 1.807) is 0 Å². The summed E-state index contributed by atoms with van der Waals surface area (Å²) >= 11 is 0. The second kappa shape index (κ2) is 30.7. The van der Waals surface area contributed by atoms with Crippen LogP contribution in [0.5, 0.6) is 0 Å². The largest absolute Gasteiger partial charge is 0.480 e. The molecule has 22 heteroatoms. The lowest BCUT2D eigenvalue weighted by molar-refractivity contribution is -0.145. The van der Waals surface area contributed by atoms with Crippen LogP contribution in [0, 0.1) is 0 Å². The summed E-state index contributed by atoms with van der Waals surface area (Å²) in [5.41, 5.74) is 0. The van der Waals surface area contributed by atoms with Gasteiger partial charge in [0.2, 0.25) is 0 Å². The van der Waals surface area contributed by atoms with Crippen molar-refractivity contribution in [3.63, 3.8) is 0 Å². The van der Waals surface area contributed by atoms with Gasteiger partial charge in [0.15, 0.2) is 0 Å². The number of hydrogen-bond acceptors (Lipinski definition) is 18. The minimum Gasteiger partial charge on any atom is -0.480 e. The molecular formula is C18H36N6O16. The smallest absolute Gasteiger partial charge is 0.321 e. The van der Waals surface area contributed by atoms with Gasteiger partial charge in [-0.3, -0.25) is 48.2 Å². The Kier molecular flexibility index (Phi) is 34.9. The van der Waals surface area contributed by atoms with E-state index in [0.29, 0.717) is 0 Å². The molecule has 0 heterocycles. The van der Waals surface area contributed by atoms with Crippen LogP contribution < -0.4 is 23.6 Å². The van der Waals surface area contributed by atoms with E-state index in [1.807, 2.05) is 0 Å². The minimum atomic E-state index is -1.23. The first-order chi connectivity index (χ1) is 18.3. The number of carbonyl (C=O) groups is 8. The molecule has 0 atom stereocenters. The number of nitrogens with two attached hydrogens (primary N) is 4. The molecule has 0 aliphatic carbocycles. The summed E-state index contributed by atoms with van der Waals surface area (Å²) in [5.74, 6) is 10.5. The highest BCUT2D eigenvalue weighted by atomic mass is 16.7. The van der Waals surface area contributed by atoms with Crippen molar-refractivity contribution in [2.45, 2.75) is 27.7 Å². The summed E-state index contributed by atoms with van der Waals surface area (Å²) < 4.78 is 0. The first-order valence-corrected chi connectivity index (χ1v) is 10.1. The van der Waals surface area contributed by atoms with Crippen LogP contribution in [0.25, 0.3) is 0 Å². The van der Waals surface area contributed by atoms with E-state index < -0.39 is 73.9 Å². The molecule has 0 spiro atoms. The molecule has 0 aromatic heterocycles. The van der Waals surface area contributed by atoms with Gasteiger partial charge in [0.25, 0.3) is 0 Å². The molecule has 40 heavy (non-hydrogen) atoms. The van der Waals surface area contributed by atoms with Crippen molar-refractivity contribution in [1.82, 2.24) is 9.80 Å². The molecule has 0 fully saturated rings. The van der Waals surface area contributed by atoms with E-state index in [4.69, 9.17) is 20.4 Å². The summed E-state index contributed by atoms with van der Waals surface area (Å²) in [5, 5.41) is 34.5. The van der Waals surface area contributed by atoms with Gasteiger partial charge in [0.05, 0.1) is 26.2 Å². The Bertz CT molecular complexity index is 670. The highest BCUT2D eigenvalue weighted by Gasteiger charge is 2.18. The Morgan fingerprint density at radius 3 is 0.650 bits per heavy atom. The average Bonchev–Trinajstić information content (AvgIpc) is 2.82. The molecule has 12 N–H and O–H groups in total. The van der Waals surface area contributed by atoms with Crippen molar-refractivity contribution < 1.29 is 78.1 Å². The molecule has 0 amide bonds. The molecule has 0 rings (SSSR count). The van der Waals surface area contributed by atoms with Gasteiger partial charge in [-0.2, -0.15) is 23.6 Å². The van der Waals surface area contributed by atoms with Gasteiger partial charge >= 0.3 is 47.8 Å². The lowest BCUT2D eigenvalue weighted by Gasteiger charge is -2.23. The Morgan fingerprint density at radius 1 is 0.450 bits per heavy atom. The number of carboxylic acids is 4. The van der Waals surface area contributed by atoms with E-state index in [-0.39, 0.29) is 13.1 Å². The molecule has 0 bridgehead atoms. The van der Waals surface area contributed by atoms with Crippen LogP contribution >= 0.6 is 0 Å². The van der Waals surface area contributed by atoms with E-state index in [2.05, 4.69) is 42.9 Å². The summed E-state index contributed by atoms with van der Waals surface area (Å²) in [6.07, 6.45) is 0. The Hall–Kier alpha value is -4.48. The second-order valence-electron chi connectivity index (χ2n) is 6.43. The molecule has 0 aliphatic rings. The number of carbonyl (C=O) groups excluding carboxylic acids is 4. The van der Waals surface area contributed by atoms with Crippen molar-refractivity contribution in [3.05, 3.63) is 0 Å². The van der Waals surface area contributed by atoms with E-state index >= 15 is 0 Å². The van der Waals surface area contributed by atoms with Crippen molar-refractivity contribution in [1.29, 1.82) is 0 Å². The summed E-state index contributed by atoms with van der Waals surface area (Å²) in [6, 6.07) is 0. The maximum Gasteiger partial charge on any atom is 0.321 e. The molecule has 22 nitrogen and oxygen atoms in total. The predicted molar refractivity (Wildman–Crippen MR) is 127 cm³/mol. The summed E-state index contributed by atoms with van der Waals surface area (Å²) in [6.45, 7) is 2.69. The molecular weight excluding hydrogens is 556 g/mol. The maximum absolute atomic E-state index is 10.6. The van der Waals surface area contributed by atoms with Crippen LogP contribution in [-0.4, -0.2) is 117 Å². The number of rotatable bonds is 11.